The van der Waals surface area contributed by atoms with Crippen molar-refractivity contribution < 1.29 is 23.7 Å². The Hall–Kier alpha value is -3.88. The highest BCUT2D eigenvalue weighted by atomic mass is 16.6. The number of nitrogens with zero attached hydrogens (tertiary/aromatic N) is 3. The number of carbonyl (C=O) groups is 3. The maximum atomic E-state index is 13.1. The smallest absolute Gasteiger partial charge is 0.337 e. The van der Waals surface area contributed by atoms with Crippen molar-refractivity contribution in [2.75, 3.05) is 12.4 Å². The lowest BCUT2D eigenvalue weighted by Gasteiger charge is -2.21. The molecule has 0 bridgehead atoms. The van der Waals surface area contributed by atoms with E-state index in [0.29, 0.717) is 11.3 Å². The number of nitrogens with one attached hydrogen (secondary N) is 1. The first kappa shape index (κ1) is 27.2. The fourth-order valence-corrected chi connectivity index (χ4v) is 4.65. The number of para-hydroxylation sites is 1. The molecular formula is C29H36N4O5. The van der Waals surface area contributed by atoms with Gasteiger partial charge in [-0.1, -0.05) is 69.2 Å². The van der Waals surface area contributed by atoms with Gasteiger partial charge in [-0.25, -0.2) is 4.79 Å². The summed E-state index contributed by atoms with van der Waals surface area (Å²) in [6.07, 6.45) is 5.46. The number of esters is 1. The number of carbonyl (C=O) groups excluding carboxylic acids is 3. The molecule has 0 unspecified atom stereocenters. The van der Waals surface area contributed by atoms with Crippen LogP contribution in [0.3, 0.4) is 0 Å². The lowest BCUT2D eigenvalue weighted by atomic mass is 9.85. The van der Waals surface area contributed by atoms with Crippen molar-refractivity contribution in [1.29, 1.82) is 0 Å². The quantitative estimate of drug-likeness (QED) is 0.404. The minimum atomic E-state index is -0.565. The van der Waals surface area contributed by atoms with E-state index < -0.39 is 11.4 Å². The molecule has 1 aromatic heterocycles. The number of methoxy groups -OCH3 is 1. The van der Waals surface area contributed by atoms with Crippen molar-refractivity contribution in [3.63, 3.8) is 0 Å². The lowest BCUT2D eigenvalue weighted by Crippen LogP contribution is -2.26. The third kappa shape index (κ3) is 6.51. The summed E-state index contributed by atoms with van der Waals surface area (Å²) in [6.45, 7) is 5.41. The highest BCUT2D eigenvalue weighted by Crippen LogP contribution is 2.34. The monoisotopic (exact) mass is 520 g/mol. The molecule has 9 heteroatoms. The second-order valence-corrected chi connectivity index (χ2v) is 10.8. The number of benzene rings is 2. The number of rotatable bonds is 7. The van der Waals surface area contributed by atoms with Gasteiger partial charge in [0.25, 0.3) is 0 Å². The second-order valence-electron chi connectivity index (χ2n) is 10.8. The number of hydrogen-bond donors (Lipinski definition) is 1. The van der Waals surface area contributed by atoms with Crippen LogP contribution in [-0.4, -0.2) is 39.5 Å². The van der Waals surface area contributed by atoms with Gasteiger partial charge in [0.2, 0.25) is 5.91 Å². The molecule has 2 aromatic carbocycles. The van der Waals surface area contributed by atoms with E-state index in [-0.39, 0.29) is 30.7 Å². The molecule has 1 saturated carbocycles. The molecule has 202 valence electrons. The Kier molecular flexibility index (Phi) is 8.34. The Labute approximate surface area is 222 Å². The minimum Gasteiger partial charge on any atom is -0.465 e. The van der Waals surface area contributed by atoms with E-state index in [0.717, 1.165) is 42.3 Å². The van der Waals surface area contributed by atoms with Crippen LogP contribution in [0.4, 0.5) is 5.69 Å². The van der Waals surface area contributed by atoms with Gasteiger partial charge in [-0.05, 0) is 37.1 Å². The molecule has 1 fully saturated rings. The number of fused-ring (bicyclic) bond motifs is 1. The Bertz CT molecular complexity index is 1370. The van der Waals surface area contributed by atoms with Crippen LogP contribution in [0.25, 0.3) is 10.9 Å². The van der Waals surface area contributed by atoms with Gasteiger partial charge >= 0.3 is 5.97 Å². The fraction of sp³-hybridized carbons (Fsp3) is 0.448. The summed E-state index contributed by atoms with van der Waals surface area (Å²) in [7, 11) is 1.31. The number of ketones is 1. The zero-order valence-electron chi connectivity index (χ0n) is 22.5. The summed E-state index contributed by atoms with van der Waals surface area (Å²) in [5, 5.41) is 8.55. The van der Waals surface area contributed by atoms with Crippen LogP contribution >= 0.6 is 0 Å². The van der Waals surface area contributed by atoms with E-state index in [1.54, 1.807) is 24.3 Å². The number of Topliss-reactive ketones (excluding diaryl/α,β-unsaturated/α-hetero) is 1. The molecule has 1 amide bonds. The van der Waals surface area contributed by atoms with E-state index in [9.17, 15) is 14.4 Å². The molecule has 0 aliphatic heterocycles. The number of amides is 1. The first-order valence-corrected chi connectivity index (χ1v) is 13.1. The molecule has 3 aromatic rings. The van der Waals surface area contributed by atoms with Crippen molar-refractivity contribution in [2.24, 2.45) is 5.41 Å². The fourth-order valence-electron chi connectivity index (χ4n) is 4.65. The molecule has 0 atom stereocenters. The van der Waals surface area contributed by atoms with Gasteiger partial charge in [0, 0.05) is 22.4 Å². The molecule has 38 heavy (non-hydrogen) atoms. The van der Waals surface area contributed by atoms with Gasteiger partial charge in [-0.3, -0.25) is 14.2 Å². The number of hydrogen-bond acceptors (Lipinski definition) is 6. The van der Waals surface area contributed by atoms with Gasteiger partial charge in [0.1, 0.15) is 6.54 Å². The van der Waals surface area contributed by atoms with E-state index in [1.165, 1.54) is 23.1 Å². The second kappa shape index (κ2) is 11.7. The van der Waals surface area contributed by atoms with Crippen LogP contribution in [0.15, 0.2) is 53.2 Å². The normalized spacial score (nSPS) is 14.2. The summed E-state index contributed by atoms with van der Waals surface area (Å²) < 4.78 is 12.4. The van der Waals surface area contributed by atoms with E-state index in [2.05, 4.69) is 5.32 Å². The summed E-state index contributed by atoms with van der Waals surface area (Å²) in [5.74, 6) is -0.645. The SMILES string of the molecule is COC(=O)c1cccc(NC(=O)Cn2nc(C3CCCCC3)c3ccccc3n(CC(=O)C(C)(C)C)o2)c1. The first-order chi connectivity index (χ1) is 18.2. The molecule has 0 saturated heterocycles. The highest BCUT2D eigenvalue weighted by Gasteiger charge is 2.25. The van der Waals surface area contributed by atoms with Gasteiger partial charge in [0.15, 0.2) is 12.3 Å². The summed E-state index contributed by atoms with van der Waals surface area (Å²) in [6, 6.07) is 14.3. The van der Waals surface area contributed by atoms with Crippen LogP contribution in [0, 0.1) is 5.41 Å². The van der Waals surface area contributed by atoms with Crippen molar-refractivity contribution in [3.05, 3.63) is 59.8 Å². The Balaban J connectivity index is 1.74. The molecule has 1 aliphatic rings. The standard InChI is InChI=1S/C29H36N4O5/c1-29(2,3)25(34)18-32-24-16-9-8-15-23(24)27(20-11-6-5-7-12-20)31-33(38-32)19-26(35)30-22-14-10-13-21(17-22)28(36)37-4/h8-10,13-17,20H,5-7,11-12,18-19H2,1-4H3,(H,30,35). The highest BCUT2D eigenvalue weighted by molar-refractivity contribution is 5.94. The Morgan fingerprint density at radius 1 is 1.03 bits per heavy atom. The molecule has 1 heterocycles. The largest absolute Gasteiger partial charge is 0.465 e. The van der Waals surface area contributed by atoms with Gasteiger partial charge in [-0.15, -0.1) is 5.10 Å². The van der Waals surface area contributed by atoms with Gasteiger partial charge in [0.05, 0.1) is 23.9 Å². The van der Waals surface area contributed by atoms with E-state index in [1.807, 2.05) is 45.0 Å². The van der Waals surface area contributed by atoms with E-state index >= 15 is 0 Å². The van der Waals surface area contributed by atoms with Crippen LogP contribution < -0.4 is 5.32 Å². The average molecular weight is 521 g/mol. The van der Waals surface area contributed by atoms with Crippen molar-refractivity contribution in [3.8, 4) is 0 Å². The molecule has 0 spiro atoms. The number of anilines is 1. The van der Waals surface area contributed by atoms with Crippen LogP contribution in [0.2, 0.25) is 0 Å². The Morgan fingerprint density at radius 2 is 1.76 bits per heavy atom. The zero-order valence-corrected chi connectivity index (χ0v) is 22.5. The third-order valence-electron chi connectivity index (χ3n) is 6.82. The molecule has 0 radical (unpaired) electrons. The minimum absolute atomic E-state index is 0.00236. The number of aromatic nitrogens is 3. The molecule has 1 aliphatic carbocycles. The average Bonchev–Trinajstić information content (AvgIpc) is 3.05. The topological polar surface area (TPSA) is 108 Å². The molecular weight excluding hydrogens is 484 g/mol. The van der Waals surface area contributed by atoms with Gasteiger partial charge < -0.3 is 10.1 Å². The van der Waals surface area contributed by atoms with Crippen molar-refractivity contribution in [2.45, 2.75) is 71.9 Å². The summed E-state index contributed by atoms with van der Waals surface area (Å²) in [5.41, 5.74) is 1.84. The number of ether oxygens (including phenoxy) is 1. The zero-order chi connectivity index (χ0) is 27.3. The third-order valence-corrected chi connectivity index (χ3v) is 6.82. The predicted molar refractivity (Wildman–Crippen MR) is 144 cm³/mol. The lowest BCUT2D eigenvalue weighted by molar-refractivity contribution is -0.128. The summed E-state index contributed by atoms with van der Waals surface area (Å²) in [4.78, 5) is 39.3. The predicted octanol–water partition coefficient (Wildman–Crippen LogP) is 5.64. The maximum Gasteiger partial charge on any atom is 0.337 e. The van der Waals surface area contributed by atoms with Crippen LogP contribution in [-0.2, 0) is 27.4 Å². The van der Waals surface area contributed by atoms with Crippen molar-refractivity contribution >= 4 is 34.3 Å². The molecule has 4 rings (SSSR count). The first-order valence-electron chi connectivity index (χ1n) is 13.1. The van der Waals surface area contributed by atoms with E-state index in [4.69, 9.17) is 14.5 Å². The van der Waals surface area contributed by atoms with Crippen LogP contribution in [0.1, 0.15) is 74.8 Å². The summed E-state index contributed by atoms with van der Waals surface area (Å²) >= 11 is 0. The van der Waals surface area contributed by atoms with Gasteiger partial charge in [-0.2, -0.15) is 4.74 Å². The van der Waals surface area contributed by atoms with Crippen LogP contribution in [0.5, 0.6) is 0 Å². The molecule has 9 nitrogen and oxygen atoms in total. The maximum absolute atomic E-state index is 13.1. The Morgan fingerprint density at radius 3 is 2.47 bits per heavy atom. The molecule has 1 N–H and O–H groups in total. The van der Waals surface area contributed by atoms with Crippen molar-refractivity contribution in [1.82, 2.24) is 14.7 Å².